The SMILES string of the molecule is Cl.Cl.Cl.O=S(=O)(O)O.P.[Cl-].[K+]. The second kappa shape index (κ2) is 23.2. The molecule has 0 spiro atoms. The summed E-state index contributed by atoms with van der Waals surface area (Å²) in [4.78, 5) is 0. The zero-order valence-electron chi connectivity index (χ0n) is 5.43. The quantitative estimate of drug-likeness (QED) is 0.266. The molecule has 0 aliphatic heterocycles. The van der Waals surface area contributed by atoms with Crippen molar-refractivity contribution in [3.8, 4) is 0 Å². The fourth-order valence-electron chi connectivity index (χ4n) is 0. The van der Waals surface area contributed by atoms with Crippen molar-refractivity contribution in [2.75, 3.05) is 0 Å². The minimum Gasteiger partial charge on any atom is -1.00 e. The van der Waals surface area contributed by atoms with Gasteiger partial charge in [-0.3, -0.25) is 9.11 Å². The molecular weight excluding hydrogens is 308 g/mol. The van der Waals surface area contributed by atoms with Gasteiger partial charge in [0.15, 0.2) is 0 Å². The average Bonchev–Trinajstić information content (AvgIpc) is 0.722. The van der Waals surface area contributed by atoms with Crippen LogP contribution in [0.1, 0.15) is 0 Å². The van der Waals surface area contributed by atoms with E-state index in [1.54, 1.807) is 0 Å². The minimum atomic E-state index is -4.67. The standard InChI is InChI=1S/4ClH.K.H2O4S.H3P/c;;;;;1-5(2,3)4;/h4*1H;;(H2,1,2,3,4);1H3/q;;;;+1;;/p-1. The molecule has 0 radical (unpaired) electrons. The molecule has 72 valence electrons. The third kappa shape index (κ3) is 168. The molecule has 0 aromatic carbocycles. The second-order valence-corrected chi connectivity index (χ2v) is 1.34. The monoisotopic (exact) mass is 314 g/mol. The van der Waals surface area contributed by atoms with Crippen molar-refractivity contribution in [2.45, 2.75) is 0 Å². The third-order valence-electron chi connectivity index (χ3n) is 0. The zero-order valence-corrected chi connectivity index (χ0v) is 14.0. The van der Waals surface area contributed by atoms with Crippen LogP contribution in [0.3, 0.4) is 0 Å². The summed E-state index contributed by atoms with van der Waals surface area (Å²) >= 11 is 0. The zero-order chi connectivity index (χ0) is 4.50. The van der Waals surface area contributed by atoms with Crippen molar-refractivity contribution in [3.05, 3.63) is 0 Å². The fourth-order valence-corrected chi connectivity index (χ4v) is 0. The van der Waals surface area contributed by atoms with Gasteiger partial charge in [-0.2, -0.15) is 18.3 Å². The predicted molar refractivity (Wildman–Crippen MR) is 47.0 cm³/mol. The Morgan fingerprint density at radius 1 is 0.909 bits per heavy atom. The van der Waals surface area contributed by atoms with Crippen molar-refractivity contribution in [1.29, 1.82) is 0 Å². The van der Waals surface area contributed by atoms with Gasteiger partial charge in [0.25, 0.3) is 0 Å². The van der Waals surface area contributed by atoms with Crippen molar-refractivity contribution in [1.82, 2.24) is 0 Å². The summed E-state index contributed by atoms with van der Waals surface area (Å²) < 4.78 is 31.6. The number of hydrogen-bond donors (Lipinski definition) is 2. The van der Waals surface area contributed by atoms with Gasteiger partial charge in [0.05, 0.1) is 0 Å². The van der Waals surface area contributed by atoms with Gasteiger partial charge in [-0.1, -0.05) is 0 Å². The first-order valence-corrected chi connectivity index (χ1v) is 2.10. The Kier molecular flexibility index (Phi) is 101. The van der Waals surface area contributed by atoms with E-state index in [2.05, 4.69) is 0 Å². The molecule has 0 aromatic heterocycles. The summed E-state index contributed by atoms with van der Waals surface area (Å²) in [5.74, 6) is 0. The molecule has 11 heteroatoms. The van der Waals surface area contributed by atoms with Crippen LogP contribution in [0.2, 0.25) is 0 Å². The van der Waals surface area contributed by atoms with E-state index in [1.807, 2.05) is 0 Å². The molecule has 0 rings (SSSR count). The average molecular weight is 316 g/mol. The molecule has 2 N–H and O–H groups in total. The van der Waals surface area contributed by atoms with Crippen LogP contribution in [-0.4, -0.2) is 17.5 Å². The van der Waals surface area contributed by atoms with E-state index in [0.29, 0.717) is 0 Å². The van der Waals surface area contributed by atoms with Crippen molar-refractivity contribution in [2.24, 2.45) is 0 Å². The van der Waals surface area contributed by atoms with Crippen LogP contribution in [0.5, 0.6) is 0 Å². The van der Waals surface area contributed by atoms with Crippen molar-refractivity contribution in [3.63, 3.8) is 0 Å². The summed E-state index contributed by atoms with van der Waals surface area (Å²) in [6.45, 7) is 0. The van der Waals surface area contributed by atoms with Crippen molar-refractivity contribution < 1.29 is 81.3 Å². The topological polar surface area (TPSA) is 74.6 Å². The number of rotatable bonds is 0. The summed E-state index contributed by atoms with van der Waals surface area (Å²) in [6, 6.07) is 0. The van der Waals surface area contributed by atoms with Crippen LogP contribution in [0.4, 0.5) is 0 Å². The van der Waals surface area contributed by atoms with E-state index in [0.717, 1.165) is 0 Å². The van der Waals surface area contributed by atoms with Crippen LogP contribution >= 0.6 is 47.1 Å². The maximum Gasteiger partial charge on any atom is 1.00 e. The molecule has 0 aromatic rings. The Labute approximate surface area is 136 Å². The van der Waals surface area contributed by atoms with Crippen molar-refractivity contribution >= 4 is 57.5 Å². The first kappa shape index (κ1) is 48.0. The molecule has 1 unspecified atom stereocenters. The number of hydrogen-bond acceptors (Lipinski definition) is 2. The smallest absolute Gasteiger partial charge is 1.00 e. The van der Waals surface area contributed by atoms with Crippen LogP contribution in [0, 0.1) is 0 Å². The van der Waals surface area contributed by atoms with Gasteiger partial charge < -0.3 is 12.4 Å². The molecular formula is H8Cl4KO4PS. The Morgan fingerprint density at radius 2 is 0.909 bits per heavy atom. The largest absolute Gasteiger partial charge is 1.00 e. The van der Waals surface area contributed by atoms with Gasteiger partial charge in [0, 0.05) is 0 Å². The molecule has 0 saturated heterocycles. The first-order chi connectivity index (χ1) is 2.00. The summed E-state index contributed by atoms with van der Waals surface area (Å²) in [5.41, 5.74) is 0. The Morgan fingerprint density at radius 3 is 0.909 bits per heavy atom. The van der Waals surface area contributed by atoms with E-state index in [4.69, 9.17) is 17.5 Å². The normalized spacial score (nSPS) is 5.27. The maximum atomic E-state index is 8.74. The molecule has 0 bridgehead atoms. The van der Waals surface area contributed by atoms with Crippen LogP contribution in [0.25, 0.3) is 0 Å². The summed E-state index contributed by atoms with van der Waals surface area (Å²) in [7, 11) is -4.67. The molecule has 0 heterocycles. The molecule has 0 aliphatic rings. The molecule has 0 saturated carbocycles. The molecule has 1 atom stereocenters. The molecule has 0 aliphatic carbocycles. The van der Waals surface area contributed by atoms with E-state index < -0.39 is 10.4 Å². The van der Waals surface area contributed by atoms with Gasteiger partial charge >= 0.3 is 61.8 Å². The number of halogens is 4. The first-order valence-electron chi connectivity index (χ1n) is 0.698. The predicted octanol–water partition coefficient (Wildman–Crippen LogP) is -5.32. The van der Waals surface area contributed by atoms with Gasteiger partial charge in [0.2, 0.25) is 0 Å². The Hall–Kier alpha value is 3.10. The third-order valence-corrected chi connectivity index (χ3v) is 0. The van der Waals surface area contributed by atoms with E-state index in [-0.39, 0.29) is 111 Å². The maximum absolute atomic E-state index is 8.74. The fraction of sp³-hybridized carbons (Fsp3) is 0. The Bertz CT molecular complexity index is 105. The van der Waals surface area contributed by atoms with Crippen LogP contribution < -0.4 is 63.8 Å². The minimum absolute atomic E-state index is 0. The van der Waals surface area contributed by atoms with Gasteiger partial charge in [-0.15, -0.1) is 37.2 Å². The molecule has 4 nitrogen and oxygen atoms in total. The molecule has 0 amide bonds. The van der Waals surface area contributed by atoms with E-state index in [1.165, 1.54) is 0 Å². The summed E-state index contributed by atoms with van der Waals surface area (Å²) in [5, 5.41) is 0. The van der Waals surface area contributed by atoms with E-state index in [9.17, 15) is 0 Å². The Balaban J connectivity index is -0.00000000533. The van der Waals surface area contributed by atoms with E-state index >= 15 is 0 Å². The van der Waals surface area contributed by atoms with Gasteiger partial charge in [0.1, 0.15) is 0 Å². The summed E-state index contributed by atoms with van der Waals surface area (Å²) in [6.07, 6.45) is 0. The molecule has 11 heavy (non-hydrogen) atoms. The van der Waals surface area contributed by atoms with Crippen LogP contribution in [0.15, 0.2) is 0 Å². The van der Waals surface area contributed by atoms with Gasteiger partial charge in [-0.25, -0.2) is 0 Å². The van der Waals surface area contributed by atoms with Crippen LogP contribution in [-0.2, 0) is 10.4 Å². The van der Waals surface area contributed by atoms with Gasteiger partial charge in [-0.05, 0) is 0 Å². The second-order valence-electron chi connectivity index (χ2n) is 0.448. The molecule has 0 fully saturated rings.